The number of benzene rings is 1. The molecule has 5 unspecified atom stereocenters. The Hall–Kier alpha value is -3.15. The maximum absolute atomic E-state index is 12.6. The van der Waals surface area contributed by atoms with E-state index >= 15 is 0 Å². The summed E-state index contributed by atoms with van der Waals surface area (Å²) < 4.78 is 17.4. The minimum Gasteiger partial charge on any atom is -0.459 e. The van der Waals surface area contributed by atoms with Crippen molar-refractivity contribution >= 4 is 24.0 Å². The molecule has 0 spiro atoms. The maximum Gasteiger partial charge on any atom is 0.334 e. The third-order valence-corrected chi connectivity index (χ3v) is 7.19. The highest BCUT2D eigenvalue weighted by Crippen LogP contribution is 2.53. The van der Waals surface area contributed by atoms with Crippen LogP contribution in [-0.2, 0) is 28.6 Å². The number of aryl methyl sites for hydroxylation is 1. The summed E-state index contributed by atoms with van der Waals surface area (Å²) in [4.78, 5) is 36.8. The first-order valence-electron chi connectivity index (χ1n) is 11.3. The zero-order valence-corrected chi connectivity index (χ0v) is 19.6. The highest BCUT2D eigenvalue weighted by Gasteiger charge is 2.56. The molecule has 0 radical (unpaired) electrons. The molecule has 1 aliphatic heterocycles. The molecule has 0 aromatic heterocycles. The lowest BCUT2D eigenvalue weighted by Gasteiger charge is -2.35. The zero-order chi connectivity index (χ0) is 23.9. The van der Waals surface area contributed by atoms with Gasteiger partial charge in [-0.15, -0.1) is 0 Å². The number of carbonyl (C=O) groups excluding carboxylic acids is 3. The Morgan fingerprint density at radius 3 is 2.58 bits per heavy atom. The summed E-state index contributed by atoms with van der Waals surface area (Å²) in [5, 5.41) is 0. The molecule has 5 atom stereocenters. The molecule has 1 heterocycles. The first kappa shape index (κ1) is 23.0. The van der Waals surface area contributed by atoms with Gasteiger partial charge in [0.1, 0.15) is 17.8 Å². The molecule has 1 aromatic carbocycles. The molecule has 3 aliphatic rings. The van der Waals surface area contributed by atoms with Crippen molar-refractivity contribution in [2.45, 2.75) is 64.8 Å². The van der Waals surface area contributed by atoms with Crippen molar-refractivity contribution in [2.24, 2.45) is 11.8 Å². The number of fused-ring (bicyclic) bond motifs is 3. The second-order valence-corrected chi connectivity index (χ2v) is 9.50. The third kappa shape index (κ3) is 4.39. The molecule has 33 heavy (non-hydrogen) atoms. The predicted molar refractivity (Wildman–Crippen MR) is 123 cm³/mol. The van der Waals surface area contributed by atoms with E-state index < -0.39 is 23.8 Å². The van der Waals surface area contributed by atoms with Crippen molar-refractivity contribution in [3.63, 3.8) is 0 Å². The van der Waals surface area contributed by atoms with Crippen LogP contribution in [0, 0.1) is 18.8 Å². The molecule has 2 fully saturated rings. The van der Waals surface area contributed by atoms with Crippen LogP contribution in [0.25, 0.3) is 6.08 Å². The van der Waals surface area contributed by atoms with Gasteiger partial charge in [0, 0.05) is 30.4 Å². The van der Waals surface area contributed by atoms with E-state index in [9.17, 15) is 14.4 Å². The number of carbonyl (C=O) groups is 3. The van der Waals surface area contributed by atoms with E-state index in [0.29, 0.717) is 24.8 Å². The maximum atomic E-state index is 12.6. The molecule has 1 aromatic rings. The Bertz CT molecular complexity index is 1060. The van der Waals surface area contributed by atoms with Gasteiger partial charge in [-0.25, -0.2) is 9.59 Å². The predicted octanol–water partition coefficient (Wildman–Crippen LogP) is 4.47. The van der Waals surface area contributed by atoms with E-state index in [2.05, 4.69) is 6.58 Å². The fraction of sp³-hybridized carbons (Fsp3) is 0.444. The van der Waals surface area contributed by atoms with Crippen LogP contribution < -0.4 is 0 Å². The number of hydrogen-bond donors (Lipinski definition) is 0. The van der Waals surface area contributed by atoms with Gasteiger partial charge in [0.25, 0.3) is 0 Å². The molecule has 0 bridgehead atoms. The smallest absolute Gasteiger partial charge is 0.334 e. The van der Waals surface area contributed by atoms with E-state index in [-0.39, 0.29) is 23.8 Å². The summed E-state index contributed by atoms with van der Waals surface area (Å²) in [6, 6.07) is 7.83. The van der Waals surface area contributed by atoms with Crippen LogP contribution in [-0.4, -0.2) is 35.7 Å². The topological polar surface area (TPSA) is 78.9 Å². The summed E-state index contributed by atoms with van der Waals surface area (Å²) >= 11 is 0. The van der Waals surface area contributed by atoms with Crippen molar-refractivity contribution in [3.8, 4) is 0 Å². The van der Waals surface area contributed by atoms with Crippen LogP contribution >= 0.6 is 0 Å². The average molecular weight is 451 g/mol. The van der Waals surface area contributed by atoms with Gasteiger partial charge in [0.2, 0.25) is 0 Å². The second kappa shape index (κ2) is 8.65. The van der Waals surface area contributed by atoms with Gasteiger partial charge >= 0.3 is 17.9 Å². The third-order valence-electron chi connectivity index (χ3n) is 7.19. The lowest BCUT2D eigenvalue weighted by Crippen LogP contribution is -2.40. The van der Waals surface area contributed by atoms with E-state index in [1.54, 1.807) is 6.08 Å². The lowest BCUT2D eigenvalue weighted by molar-refractivity contribution is -0.162. The second-order valence-electron chi connectivity index (χ2n) is 9.50. The normalized spacial score (nSPS) is 31.2. The molecular formula is C27H30O6. The van der Waals surface area contributed by atoms with Crippen LogP contribution in [0.2, 0.25) is 0 Å². The van der Waals surface area contributed by atoms with Crippen molar-refractivity contribution in [1.82, 2.24) is 0 Å². The largest absolute Gasteiger partial charge is 0.459 e. The van der Waals surface area contributed by atoms with Crippen molar-refractivity contribution < 1.29 is 28.6 Å². The highest BCUT2D eigenvalue weighted by atomic mass is 16.6. The Kier molecular flexibility index (Phi) is 6.04. The van der Waals surface area contributed by atoms with Gasteiger partial charge in [0.05, 0.1) is 0 Å². The van der Waals surface area contributed by atoms with Gasteiger partial charge in [0.15, 0.2) is 0 Å². The van der Waals surface area contributed by atoms with Gasteiger partial charge < -0.3 is 14.2 Å². The van der Waals surface area contributed by atoms with E-state index in [0.717, 1.165) is 22.3 Å². The molecule has 6 nitrogen and oxygen atoms in total. The summed E-state index contributed by atoms with van der Waals surface area (Å²) in [7, 11) is 0. The zero-order valence-electron chi connectivity index (χ0n) is 19.6. The van der Waals surface area contributed by atoms with Crippen LogP contribution in [0.15, 0.2) is 53.6 Å². The number of rotatable bonds is 4. The Labute approximate surface area is 194 Å². The fourth-order valence-electron chi connectivity index (χ4n) is 5.42. The van der Waals surface area contributed by atoms with E-state index in [4.69, 9.17) is 14.2 Å². The number of esters is 3. The minimum absolute atomic E-state index is 0.168. The van der Waals surface area contributed by atoms with Crippen LogP contribution in [0.5, 0.6) is 0 Å². The summed E-state index contributed by atoms with van der Waals surface area (Å²) in [6.45, 7) is 11.2. The number of hydrogen-bond acceptors (Lipinski definition) is 6. The minimum atomic E-state index is -0.779. The van der Waals surface area contributed by atoms with Crippen LogP contribution in [0.3, 0.4) is 0 Å². The van der Waals surface area contributed by atoms with E-state index in [1.165, 1.54) is 13.0 Å². The van der Waals surface area contributed by atoms with Crippen LogP contribution in [0.1, 0.15) is 51.2 Å². The standard InChI is InChI=1S/C27H30O6/c1-15-6-8-19(9-7-15)10-11-23(29)31-22-14-21-24(17(22)3)25-20(16(2)26(30)32-25)12-13-27(21,5)33-18(4)28/h6-11,20-22,25H,2,12-14H2,1,3-5H3. The molecule has 2 aliphatic carbocycles. The fourth-order valence-corrected chi connectivity index (χ4v) is 5.42. The molecule has 0 amide bonds. The quantitative estimate of drug-likeness (QED) is 0.291. The molecule has 1 saturated heterocycles. The monoisotopic (exact) mass is 450 g/mol. The van der Waals surface area contributed by atoms with Crippen molar-refractivity contribution in [3.05, 3.63) is 64.8 Å². The molecule has 6 heteroatoms. The molecule has 1 saturated carbocycles. The summed E-state index contributed by atoms with van der Waals surface area (Å²) in [6.07, 6.45) is 3.87. The molecule has 174 valence electrons. The van der Waals surface area contributed by atoms with Gasteiger partial charge in [-0.05, 0) is 62.8 Å². The lowest BCUT2D eigenvalue weighted by atomic mass is 9.81. The Morgan fingerprint density at radius 1 is 1.21 bits per heavy atom. The molecular weight excluding hydrogens is 420 g/mol. The Balaban J connectivity index is 1.60. The van der Waals surface area contributed by atoms with Gasteiger partial charge in [-0.1, -0.05) is 36.4 Å². The highest BCUT2D eigenvalue weighted by molar-refractivity contribution is 5.91. The molecule has 0 N–H and O–H groups in total. The summed E-state index contributed by atoms with van der Waals surface area (Å²) in [5.74, 6) is -1.58. The first-order chi connectivity index (χ1) is 15.6. The van der Waals surface area contributed by atoms with Crippen molar-refractivity contribution in [1.29, 1.82) is 0 Å². The van der Waals surface area contributed by atoms with E-state index in [1.807, 2.05) is 45.0 Å². The average Bonchev–Trinajstić information content (AvgIpc) is 3.18. The van der Waals surface area contributed by atoms with Crippen LogP contribution in [0.4, 0.5) is 0 Å². The van der Waals surface area contributed by atoms with Gasteiger partial charge in [-0.3, -0.25) is 4.79 Å². The van der Waals surface area contributed by atoms with Crippen molar-refractivity contribution in [2.75, 3.05) is 0 Å². The summed E-state index contributed by atoms with van der Waals surface area (Å²) in [5.41, 5.74) is 3.48. The number of ether oxygens (including phenoxy) is 3. The first-order valence-corrected chi connectivity index (χ1v) is 11.3. The molecule has 4 rings (SSSR count). The van der Waals surface area contributed by atoms with Gasteiger partial charge in [-0.2, -0.15) is 0 Å². The SMILES string of the molecule is C=C1C(=O)OC2C3=C(C)C(OC(=O)C=Cc4ccc(C)cc4)CC3C(C)(OC(C)=O)CCC12. The Morgan fingerprint density at radius 2 is 1.91 bits per heavy atom.